The summed E-state index contributed by atoms with van der Waals surface area (Å²) in [7, 11) is 1.88. The van der Waals surface area contributed by atoms with Crippen LogP contribution in [0.5, 0.6) is 0 Å². The minimum absolute atomic E-state index is 0.165. The SMILES string of the molecule is Cn1c(-c2cccc(=O)[nH]2)nc2cc(C#N)ccc21. The molecule has 0 aliphatic heterocycles. The van der Waals surface area contributed by atoms with Crippen molar-refractivity contribution in [2.24, 2.45) is 7.05 Å². The Hall–Kier alpha value is -2.87. The summed E-state index contributed by atoms with van der Waals surface area (Å²) >= 11 is 0. The fourth-order valence-corrected chi connectivity index (χ4v) is 2.09. The van der Waals surface area contributed by atoms with Gasteiger partial charge in [-0.25, -0.2) is 4.98 Å². The third-order valence-corrected chi connectivity index (χ3v) is 3.02. The van der Waals surface area contributed by atoms with E-state index in [1.807, 2.05) is 17.7 Å². The highest BCUT2D eigenvalue weighted by Crippen LogP contribution is 2.22. The maximum absolute atomic E-state index is 11.4. The van der Waals surface area contributed by atoms with E-state index in [0.717, 1.165) is 11.0 Å². The van der Waals surface area contributed by atoms with Gasteiger partial charge in [-0.15, -0.1) is 0 Å². The second kappa shape index (κ2) is 4.10. The topological polar surface area (TPSA) is 74.5 Å². The van der Waals surface area contributed by atoms with Crippen LogP contribution >= 0.6 is 0 Å². The first kappa shape index (κ1) is 11.2. The molecule has 2 aromatic heterocycles. The maximum Gasteiger partial charge on any atom is 0.248 e. The fraction of sp³-hybridized carbons (Fsp3) is 0.0714. The third-order valence-electron chi connectivity index (χ3n) is 3.02. The maximum atomic E-state index is 11.4. The Kier molecular flexibility index (Phi) is 2.43. The van der Waals surface area contributed by atoms with Crippen LogP contribution in [0.1, 0.15) is 5.56 Å². The summed E-state index contributed by atoms with van der Waals surface area (Å²) in [6.45, 7) is 0. The summed E-state index contributed by atoms with van der Waals surface area (Å²) < 4.78 is 1.89. The summed E-state index contributed by atoms with van der Waals surface area (Å²) in [6, 6.07) is 12.4. The predicted octanol–water partition coefficient (Wildman–Crippen LogP) is 1.80. The van der Waals surface area contributed by atoms with Gasteiger partial charge in [-0.1, -0.05) is 6.07 Å². The van der Waals surface area contributed by atoms with Crippen molar-refractivity contribution in [3.8, 4) is 17.6 Å². The van der Waals surface area contributed by atoms with Crippen molar-refractivity contribution in [1.82, 2.24) is 14.5 Å². The number of rotatable bonds is 1. The molecule has 5 heteroatoms. The predicted molar refractivity (Wildman–Crippen MR) is 71.5 cm³/mol. The molecule has 0 radical (unpaired) electrons. The van der Waals surface area contributed by atoms with Crippen LogP contribution in [0.15, 0.2) is 41.2 Å². The lowest BCUT2D eigenvalue weighted by atomic mass is 10.2. The lowest BCUT2D eigenvalue weighted by molar-refractivity contribution is 0.948. The van der Waals surface area contributed by atoms with Gasteiger partial charge in [0.15, 0.2) is 5.82 Å². The van der Waals surface area contributed by atoms with E-state index in [-0.39, 0.29) is 5.56 Å². The van der Waals surface area contributed by atoms with Gasteiger partial charge in [0.05, 0.1) is 28.4 Å². The summed E-state index contributed by atoms with van der Waals surface area (Å²) in [5, 5.41) is 8.89. The Morgan fingerprint density at radius 3 is 2.89 bits per heavy atom. The van der Waals surface area contributed by atoms with E-state index in [9.17, 15) is 4.79 Å². The molecule has 2 heterocycles. The smallest absolute Gasteiger partial charge is 0.248 e. The first-order valence-electron chi connectivity index (χ1n) is 5.75. The van der Waals surface area contributed by atoms with Crippen molar-refractivity contribution >= 4 is 11.0 Å². The van der Waals surface area contributed by atoms with Gasteiger partial charge in [0.2, 0.25) is 5.56 Å². The molecule has 0 amide bonds. The Morgan fingerprint density at radius 2 is 2.16 bits per heavy atom. The number of nitrogens with one attached hydrogen (secondary N) is 1. The van der Waals surface area contributed by atoms with Crippen molar-refractivity contribution in [2.45, 2.75) is 0 Å². The minimum atomic E-state index is -0.165. The molecule has 0 unspecified atom stereocenters. The van der Waals surface area contributed by atoms with E-state index in [0.29, 0.717) is 17.1 Å². The molecular weight excluding hydrogens is 240 g/mol. The molecular formula is C14H10N4O. The lowest BCUT2D eigenvalue weighted by Gasteiger charge is -2.01. The summed E-state index contributed by atoms with van der Waals surface area (Å²) in [5.74, 6) is 0.669. The molecule has 0 saturated heterocycles. The molecule has 0 bridgehead atoms. The monoisotopic (exact) mass is 250 g/mol. The second-order valence-corrected chi connectivity index (χ2v) is 4.24. The summed E-state index contributed by atoms with van der Waals surface area (Å²) in [6.07, 6.45) is 0. The molecule has 0 aliphatic rings. The number of nitrogens with zero attached hydrogens (tertiary/aromatic N) is 3. The van der Waals surface area contributed by atoms with Crippen LogP contribution in [0.3, 0.4) is 0 Å². The molecule has 0 saturated carbocycles. The summed E-state index contributed by atoms with van der Waals surface area (Å²) in [5.41, 5.74) is 2.71. The van der Waals surface area contributed by atoms with E-state index >= 15 is 0 Å². The zero-order chi connectivity index (χ0) is 13.4. The molecule has 0 fully saturated rings. The average Bonchev–Trinajstić information content (AvgIpc) is 2.75. The van der Waals surface area contributed by atoms with Gasteiger partial charge in [-0.3, -0.25) is 4.79 Å². The highest BCUT2D eigenvalue weighted by Gasteiger charge is 2.10. The largest absolute Gasteiger partial charge is 0.326 e. The van der Waals surface area contributed by atoms with Gasteiger partial charge in [-0.05, 0) is 24.3 Å². The van der Waals surface area contributed by atoms with Crippen molar-refractivity contribution in [2.75, 3.05) is 0 Å². The van der Waals surface area contributed by atoms with Gasteiger partial charge < -0.3 is 9.55 Å². The number of pyridine rings is 1. The first-order chi connectivity index (χ1) is 9.19. The molecule has 0 spiro atoms. The molecule has 92 valence electrons. The Morgan fingerprint density at radius 1 is 1.32 bits per heavy atom. The Bertz CT molecular complexity index is 867. The molecule has 0 aliphatic carbocycles. The second-order valence-electron chi connectivity index (χ2n) is 4.24. The van der Waals surface area contributed by atoms with Gasteiger partial charge >= 0.3 is 0 Å². The fourth-order valence-electron chi connectivity index (χ4n) is 2.09. The minimum Gasteiger partial charge on any atom is -0.326 e. The zero-order valence-electron chi connectivity index (χ0n) is 10.2. The molecule has 1 N–H and O–H groups in total. The van der Waals surface area contributed by atoms with Crippen molar-refractivity contribution < 1.29 is 0 Å². The van der Waals surface area contributed by atoms with E-state index < -0.39 is 0 Å². The van der Waals surface area contributed by atoms with Gasteiger partial charge in [0, 0.05) is 13.1 Å². The summed E-state index contributed by atoms with van der Waals surface area (Å²) in [4.78, 5) is 18.6. The molecule has 3 rings (SSSR count). The van der Waals surface area contributed by atoms with Crippen LogP contribution in [0.2, 0.25) is 0 Å². The van der Waals surface area contributed by atoms with E-state index in [1.54, 1.807) is 24.3 Å². The van der Waals surface area contributed by atoms with Crippen LogP contribution in [-0.4, -0.2) is 14.5 Å². The number of aromatic amines is 1. The number of hydrogen-bond acceptors (Lipinski definition) is 3. The molecule has 3 aromatic rings. The highest BCUT2D eigenvalue weighted by atomic mass is 16.1. The number of imidazole rings is 1. The molecule has 0 atom stereocenters. The van der Waals surface area contributed by atoms with Crippen molar-refractivity contribution in [1.29, 1.82) is 5.26 Å². The standard InChI is InChI=1S/C14H10N4O/c1-18-12-6-5-9(8-15)7-11(12)17-14(18)10-3-2-4-13(19)16-10/h2-7H,1H3,(H,16,19). The van der Waals surface area contributed by atoms with Crippen LogP contribution in [0.25, 0.3) is 22.6 Å². The number of benzene rings is 1. The van der Waals surface area contributed by atoms with Crippen LogP contribution in [0.4, 0.5) is 0 Å². The zero-order valence-corrected chi connectivity index (χ0v) is 10.2. The van der Waals surface area contributed by atoms with E-state index in [1.165, 1.54) is 6.07 Å². The van der Waals surface area contributed by atoms with Crippen LogP contribution in [-0.2, 0) is 7.05 Å². The van der Waals surface area contributed by atoms with Gasteiger partial charge in [0.25, 0.3) is 0 Å². The van der Waals surface area contributed by atoms with Gasteiger partial charge in [0.1, 0.15) is 0 Å². The number of aryl methyl sites for hydroxylation is 1. The van der Waals surface area contributed by atoms with E-state index in [2.05, 4.69) is 16.0 Å². The quantitative estimate of drug-likeness (QED) is 0.715. The van der Waals surface area contributed by atoms with Crippen LogP contribution in [0, 0.1) is 11.3 Å². The highest BCUT2D eigenvalue weighted by molar-refractivity contribution is 5.81. The Labute approximate surface area is 108 Å². The van der Waals surface area contributed by atoms with Gasteiger partial charge in [-0.2, -0.15) is 5.26 Å². The molecule has 5 nitrogen and oxygen atoms in total. The normalized spacial score (nSPS) is 10.5. The number of hydrogen-bond donors (Lipinski definition) is 1. The first-order valence-corrected chi connectivity index (χ1v) is 5.75. The number of nitriles is 1. The Balaban J connectivity index is 2.28. The number of aromatic nitrogens is 3. The number of H-pyrrole nitrogens is 1. The van der Waals surface area contributed by atoms with Crippen LogP contribution < -0.4 is 5.56 Å². The van der Waals surface area contributed by atoms with E-state index in [4.69, 9.17) is 5.26 Å². The van der Waals surface area contributed by atoms with Crippen molar-refractivity contribution in [3.63, 3.8) is 0 Å². The molecule has 1 aromatic carbocycles. The lowest BCUT2D eigenvalue weighted by Crippen LogP contribution is -2.05. The molecule has 19 heavy (non-hydrogen) atoms. The van der Waals surface area contributed by atoms with Crippen molar-refractivity contribution in [3.05, 3.63) is 52.3 Å². The number of fused-ring (bicyclic) bond motifs is 1. The average molecular weight is 250 g/mol. The third kappa shape index (κ3) is 1.79.